The summed E-state index contributed by atoms with van der Waals surface area (Å²) in [6, 6.07) is 27.4. The first kappa shape index (κ1) is 27.4. The predicted octanol–water partition coefficient (Wildman–Crippen LogP) is 6.86. The van der Waals surface area contributed by atoms with Crippen LogP contribution in [0.3, 0.4) is 0 Å². The Bertz CT molecular complexity index is 2330. The number of carbonyl (C=O) groups excluding carboxylic acids is 1. The summed E-state index contributed by atoms with van der Waals surface area (Å²) in [7, 11) is 3.26. The van der Waals surface area contributed by atoms with Gasteiger partial charge in [0.1, 0.15) is 29.3 Å². The molecule has 0 amide bonds. The van der Waals surface area contributed by atoms with Gasteiger partial charge in [-0.25, -0.2) is 9.97 Å². The molecule has 1 aliphatic heterocycles. The van der Waals surface area contributed by atoms with Gasteiger partial charge >= 0.3 is 0 Å². The molecule has 0 radical (unpaired) electrons. The van der Waals surface area contributed by atoms with Gasteiger partial charge in [-0.2, -0.15) is 9.78 Å². The van der Waals surface area contributed by atoms with Gasteiger partial charge in [0.15, 0.2) is 0 Å². The van der Waals surface area contributed by atoms with Gasteiger partial charge in [0.2, 0.25) is 11.8 Å². The number of carbonyl (C=O) groups is 1. The zero-order valence-corrected chi connectivity index (χ0v) is 25.2. The van der Waals surface area contributed by atoms with Gasteiger partial charge in [-0.1, -0.05) is 54.6 Å². The molecule has 0 aliphatic carbocycles. The Morgan fingerprint density at radius 1 is 0.891 bits per heavy atom. The molecule has 8 rings (SSSR count). The third kappa shape index (κ3) is 4.11. The van der Waals surface area contributed by atoms with Crippen molar-refractivity contribution in [2.45, 2.75) is 12.8 Å². The molecule has 4 heterocycles. The number of aromatic amines is 1. The SMILES string of the molecule is COc1ccc2c(C3c4c(N)ncnc4Oc4c3c(C)nn4C(=O)c3[nH]c4ccc(OC)cc4c3-c3ccccc3)cccc2c1. The van der Waals surface area contributed by atoms with Crippen LogP contribution in [0.15, 0.2) is 91.3 Å². The quantitative estimate of drug-likeness (QED) is 0.217. The maximum atomic E-state index is 14.6. The Hall–Kier alpha value is -6.16. The Morgan fingerprint density at radius 3 is 2.48 bits per heavy atom. The molecule has 1 aliphatic rings. The number of aromatic nitrogens is 5. The molecule has 0 fully saturated rings. The van der Waals surface area contributed by atoms with E-state index in [2.05, 4.69) is 15.0 Å². The standard InChI is InChI=1S/C36H28N6O4/c1-19-28-30(25-11-7-10-21-16-22(44-2)12-14-24(21)25)31-33(37)38-18-39-34(31)46-36(28)42(41-19)35(43)32-29(20-8-5-4-6-9-20)26-17-23(45-3)13-15-27(26)40-32/h4-18,30,40H,1-3H3,(H2,37,38,39). The van der Waals surface area contributed by atoms with Gasteiger partial charge in [0, 0.05) is 16.5 Å². The number of fused-ring (bicyclic) bond motifs is 4. The third-order valence-electron chi connectivity index (χ3n) is 8.62. The number of nitrogens with zero attached hydrogens (tertiary/aromatic N) is 4. The number of nitrogen functional groups attached to an aromatic ring is 1. The summed E-state index contributed by atoms with van der Waals surface area (Å²) in [5.74, 6) is 1.43. The van der Waals surface area contributed by atoms with Crippen molar-refractivity contribution >= 4 is 33.4 Å². The molecular formula is C36H28N6O4. The van der Waals surface area contributed by atoms with E-state index in [0.717, 1.165) is 44.1 Å². The molecule has 0 saturated carbocycles. The number of aryl methyl sites for hydroxylation is 1. The van der Waals surface area contributed by atoms with Crippen LogP contribution >= 0.6 is 0 Å². The number of benzene rings is 4. The summed E-state index contributed by atoms with van der Waals surface area (Å²) < 4.78 is 18.7. The average molecular weight is 609 g/mol. The van der Waals surface area contributed by atoms with Gasteiger partial charge in [-0.3, -0.25) is 4.79 Å². The molecule has 10 nitrogen and oxygen atoms in total. The maximum Gasteiger partial charge on any atom is 0.298 e. The predicted molar refractivity (Wildman–Crippen MR) is 175 cm³/mol. The fourth-order valence-corrected chi connectivity index (χ4v) is 6.51. The van der Waals surface area contributed by atoms with Crippen molar-refractivity contribution in [3.8, 4) is 34.4 Å². The Labute approximate surface area is 263 Å². The smallest absolute Gasteiger partial charge is 0.298 e. The van der Waals surface area contributed by atoms with E-state index in [1.165, 1.54) is 11.0 Å². The van der Waals surface area contributed by atoms with Gasteiger partial charge in [-0.15, -0.1) is 0 Å². The summed E-state index contributed by atoms with van der Waals surface area (Å²) in [5.41, 5.74) is 12.2. The topological polar surface area (TPSA) is 130 Å². The highest BCUT2D eigenvalue weighted by molar-refractivity contribution is 6.11. The van der Waals surface area contributed by atoms with Crippen LogP contribution in [0.5, 0.6) is 23.3 Å². The van der Waals surface area contributed by atoms with Gasteiger partial charge in [-0.05, 0) is 59.2 Å². The molecule has 3 aromatic heterocycles. The van der Waals surface area contributed by atoms with Crippen molar-refractivity contribution in [3.05, 3.63) is 119 Å². The molecule has 0 spiro atoms. The van der Waals surface area contributed by atoms with E-state index >= 15 is 0 Å². The van der Waals surface area contributed by atoms with Crippen molar-refractivity contribution in [3.63, 3.8) is 0 Å². The van der Waals surface area contributed by atoms with Crippen LogP contribution in [-0.2, 0) is 0 Å². The lowest BCUT2D eigenvalue weighted by molar-refractivity contribution is 0.0931. The van der Waals surface area contributed by atoms with Crippen LogP contribution < -0.4 is 19.9 Å². The number of methoxy groups -OCH3 is 2. The first-order chi connectivity index (χ1) is 22.5. The largest absolute Gasteiger partial charge is 0.497 e. The second-order valence-corrected chi connectivity index (χ2v) is 11.1. The lowest BCUT2D eigenvalue weighted by Crippen LogP contribution is -2.20. The summed E-state index contributed by atoms with van der Waals surface area (Å²) in [5, 5.41) is 7.62. The molecule has 3 N–H and O–H groups in total. The molecule has 1 atom stereocenters. The molecule has 0 saturated heterocycles. The van der Waals surface area contributed by atoms with Gasteiger partial charge in [0.25, 0.3) is 5.91 Å². The number of hydrogen-bond acceptors (Lipinski definition) is 8. The minimum absolute atomic E-state index is 0.272. The van der Waals surface area contributed by atoms with Crippen LogP contribution in [0, 0.1) is 6.92 Å². The Kier molecular flexibility index (Phi) is 6.24. The molecule has 0 bridgehead atoms. The number of anilines is 1. The van der Waals surface area contributed by atoms with Gasteiger partial charge in [0.05, 0.1) is 37.0 Å². The summed E-state index contributed by atoms with van der Waals surface area (Å²) >= 11 is 0. The highest BCUT2D eigenvalue weighted by Crippen LogP contribution is 2.51. The van der Waals surface area contributed by atoms with Crippen molar-refractivity contribution in [1.29, 1.82) is 0 Å². The molecule has 7 aromatic rings. The molecule has 46 heavy (non-hydrogen) atoms. The number of ether oxygens (including phenoxy) is 3. The monoisotopic (exact) mass is 608 g/mol. The van der Waals surface area contributed by atoms with E-state index in [4.69, 9.17) is 25.0 Å². The van der Waals surface area contributed by atoms with Crippen LogP contribution in [0.2, 0.25) is 0 Å². The zero-order chi connectivity index (χ0) is 31.5. The normalized spacial score (nSPS) is 13.7. The van der Waals surface area contributed by atoms with Crippen molar-refractivity contribution < 1.29 is 19.0 Å². The van der Waals surface area contributed by atoms with Gasteiger partial charge < -0.3 is 24.9 Å². The van der Waals surface area contributed by atoms with Crippen molar-refractivity contribution in [2.75, 3.05) is 20.0 Å². The minimum Gasteiger partial charge on any atom is -0.497 e. The highest BCUT2D eigenvalue weighted by atomic mass is 16.5. The first-order valence-electron chi connectivity index (χ1n) is 14.7. The van der Waals surface area contributed by atoms with E-state index in [1.54, 1.807) is 14.2 Å². The number of nitrogens with one attached hydrogen (secondary N) is 1. The molecule has 10 heteroatoms. The number of hydrogen-bond donors (Lipinski definition) is 2. The first-order valence-corrected chi connectivity index (χ1v) is 14.7. The molecule has 4 aromatic carbocycles. The fraction of sp³-hybridized carbons (Fsp3) is 0.111. The van der Waals surface area contributed by atoms with Crippen LogP contribution in [0.25, 0.3) is 32.8 Å². The fourth-order valence-electron chi connectivity index (χ4n) is 6.51. The van der Waals surface area contributed by atoms with E-state index in [0.29, 0.717) is 34.1 Å². The summed E-state index contributed by atoms with van der Waals surface area (Å²) in [4.78, 5) is 26.8. The van der Waals surface area contributed by atoms with Crippen LogP contribution in [0.4, 0.5) is 5.82 Å². The second kappa shape index (κ2) is 10.5. The third-order valence-corrected chi connectivity index (χ3v) is 8.62. The minimum atomic E-state index is -0.459. The Morgan fingerprint density at radius 2 is 1.67 bits per heavy atom. The zero-order valence-electron chi connectivity index (χ0n) is 25.2. The average Bonchev–Trinajstić information content (AvgIpc) is 3.64. The summed E-state index contributed by atoms with van der Waals surface area (Å²) in [6.07, 6.45) is 1.36. The van der Waals surface area contributed by atoms with Crippen molar-refractivity contribution in [2.24, 2.45) is 0 Å². The van der Waals surface area contributed by atoms with E-state index in [-0.39, 0.29) is 17.7 Å². The highest BCUT2D eigenvalue weighted by Gasteiger charge is 2.39. The van der Waals surface area contributed by atoms with E-state index in [9.17, 15) is 4.79 Å². The summed E-state index contributed by atoms with van der Waals surface area (Å²) in [6.45, 7) is 1.87. The lowest BCUT2D eigenvalue weighted by Gasteiger charge is -2.27. The Balaban J connectivity index is 1.36. The molecule has 226 valence electrons. The van der Waals surface area contributed by atoms with Crippen molar-refractivity contribution in [1.82, 2.24) is 24.7 Å². The number of H-pyrrole nitrogens is 1. The van der Waals surface area contributed by atoms with Crippen LogP contribution in [0.1, 0.15) is 38.8 Å². The molecule has 1 unspecified atom stereocenters. The van der Waals surface area contributed by atoms with Crippen LogP contribution in [-0.4, -0.2) is 44.9 Å². The van der Waals surface area contributed by atoms with E-state index in [1.807, 2.05) is 91.9 Å². The number of nitrogens with two attached hydrogens (primary N) is 1. The lowest BCUT2D eigenvalue weighted by atomic mass is 9.82. The second-order valence-electron chi connectivity index (χ2n) is 11.1. The number of rotatable bonds is 5. The molecular weight excluding hydrogens is 580 g/mol. The van der Waals surface area contributed by atoms with E-state index < -0.39 is 5.92 Å². The maximum absolute atomic E-state index is 14.6.